The number of carboxylic acid groups (broad SMARTS) is 1. The van der Waals surface area contributed by atoms with Gasteiger partial charge >= 0.3 is 5.97 Å². The zero-order chi connectivity index (χ0) is 10.2. The van der Waals surface area contributed by atoms with E-state index in [1.54, 1.807) is 0 Å². The minimum absolute atomic E-state index is 0.0143. The number of hydrogen-bond donors (Lipinski definition) is 2. The highest BCUT2D eigenvalue weighted by Crippen LogP contribution is 2.32. The monoisotopic (exact) mass is 267 g/mol. The van der Waals surface area contributed by atoms with Gasteiger partial charge in [0.15, 0.2) is 0 Å². The largest absolute Gasteiger partial charge is 0.478 e. The lowest BCUT2D eigenvalue weighted by Crippen LogP contribution is -2.04. The molecule has 0 spiro atoms. The lowest BCUT2D eigenvalue weighted by atomic mass is 10.2. The standard InChI is InChI=1S/C7H4BrClFNO2/c8-2-1-3(10)4(7(12)13)5(9)6(2)11/h1H,11H2,(H,12,13). The number of benzene rings is 1. The van der Waals surface area contributed by atoms with Crippen LogP contribution in [0.15, 0.2) is 10.5 Å². The molecule has 0 aliphatic rings. The summed E-state index contributed by atoms with van der Waals surface area (Å²) in [5.41, 5.74) is 4.79. The van der Waals surface area contributed by atoms with E-state index in [2.05, 4.69) is 15.9 Å². The molecule has 0 fully saturated rings. The van der Waals surface area contributed by atoms with Crippen LogP contribution in [0.3, 0.4) is 0 Å². The molecule has 0 radical (unpaired) electrons. The number of halogens is 3. The molecule has 0 aliphatic heterocycles. The van der Waals surface area contributed by atoms with Gasteiger partial charge in [0.25, 0.3) is 0 Å². The van der Waals surface area contributed by atoms with Crippen LogP contribution in [0.5, 0.6) is 0 Å². The molecule has 3 nitrogen and oxygen atoms in total. The van der Waals surface area contributed by atoms with Crippen molar-refractivity contribution >= 4 is 39.2 Å². The van der Waals surface area contributed by atoms with Crippen molar-refractivity contribution in [1.82, 2.24) is 0 Å². The molecule has 3 N–H and O–H groups in total. The molecule has 0 bridgehead atoms. The first-order chi connectivity index (χ1) is 5.95. The summed E-state index contributed by atoms with van der Waals surface area (Å²) in [5.74, 6) is -2.36. The fraction of sp³-hybridized carbons (Fsp3) is 0. The van der Waals surface area contributed by atoms with Gasteiger partial charge in [-0.15, -0.1) is 0 Å². The predicted molar refractivity (Wildman–Crippen MR) is 50.5 cm³/mol. The van der Waals surface area contributed by atoms with Gasteiger partial charge in [-0.25, -0.2) is 9.18 Å². The van der Waals surface area contributed by atoms with Gasteiger partial charge in [-0.3, -0.25) is 0 Å². The normalized spacial score (nSPS) is 10.1. The van der Waals surface area contributed by atoms with Crippen molar-refractivity contribution in [1.29, 1.82) is 0 Å². The molecule has 0 atom stereocenters. The van der Waals surface area contributed by atoms with Gasteiger partial charge in [-0.1, -0.05) is 11.6 Å². The second-order valence-corrected chi connectivity index (χ2v) is 3.48. The molecule has 70 valence electrons. The Hall–Kier alpha value is -0.810. The van der Waals surface area contributed by atoms with Gasteiger partial charge in [0, 0.05) is 4.47 Å². The lowest BCUT2D eigenvalue weighted by Gasteiger charge is -2.05. The Kier molecular flexibility index (Phi) is 2.77. The van der Waals surface area contributed by atoms with Gasteiger partial charge in [0.05, 0.1) is 10.7 Å². The summed E-state index contributed by atoms with van der Waals surface area (Å²) >= 11 is 8.46. The number of anilines is 1. The van der Waals surface area contributed by atoms with E-state index < -0.39 is 17.3 Å². The molecular formula is C7H4BrClFNO2. The van der Waals surface area contributed by atoms with E-state index in [0.717, 1.165) is 6.07 Å². The maximum absolute atomic E-state index is 13.0. The molecule has 13 heavy (non-hydrogen) atoms. The maximum Gasteiger partial charge on any atom is 0.340 e. The highest BCUT2D eigenvalue weighted by Gasteiger charge is 2.19. The fourth-order valence-corrected chi connectivity index (χ4v) is 1.59. The van der Waals surface area contributed by atoms with E-state index in [1.807, 2.05) is 0 Å². The Bertz CT molecular complexity index is 383. The third kappa shape index (κ3) is 1.76. The van der Waals surface area contributed by atoms with E-state index >= 15 is 0 Å². The topological polar surface area (TPSA) is 63.3 Å². The van der Waals surface area contributed by atoms with Crippen LogP contribution in [0.1, 0.15) is 10.4 Å². The Morgan fingerprint density at radius 1 is 1.69 bits per heavy atom. The number of carboxylic acids is 1. The average Bonchev–Trinajstić information content (AvgIpc) is 1.99. The Labute approximate surface area is 86.4 Å². The van der Waals surface area contributed by atoms with Crippen LogP contribution in [0.2, 0.25) is 5.02 Å². The first-order valence-corrected chi connectivity index (χ1v) is 4.28. The minimum atomic E-state index is -1.44. The summed E-state index contributed by atoms with van der Waals surface area (Å²) in [4.78, 5) is 10.5. The minimum Gasteiger partial charge on any atom is -0.478 e. The van der Waals surface area contributed by atoms with E-state index in [-0.39, 0.29) is 15.2 Å². The van der Waals surface area contributed by atoms with Crippen molar-refractivity contribution in [3.63, 3.8) is 0 Å². The molecule has 1 aromatic rings. The third-order valence-corrected chi connectivity index (χ3v) is 2.47. The van der Waals surface area contributed by atoms with Crippen molar-refractivity contribution in [2.24, 2.45) is 0 Å². The summed E-state index contributed by atoms with van der Waals surface area (Å²) < 4.78 is 13.2. The number of aromatic carboxylic acids is 1. The van der Waals surface area contributed by atoms with Crippen molar-refractivity contribution in [3.8, 4) is 0 Å². The molecule has 6 heteroatoms. The number of carbonyl (C=O) groups is 1. The zero-order valence-corrected chi connectivity index (χ0v) is 8.49. The summed E-state index contributed by atoms with van der Waals surface area (Å²) in [5, 5.41) is 8.27. The molecule has 1 rings (SSSR count). The lowest BCUT2D eigenvalue weighted by molar-refractivity contribution is 0.0692. The quantitative estimate of drug-likeness (QED) is 0.769. The van der Waals surface area contributed by atoms with Gasteiger partial charge in [0.2, 0.25) is 0 Å². The molecule has 0 aliphatic carbocycles. The Morgan fingerprint density at radius 3 is 2.69 bits per heavy atom. The van der Waals surface area contributed by atoms with Crippen LogP contribution in [0.25, 0.3) is 0 Å². The Balaban J connectivity index is 3.53. The average molecular weight is 268 g/mol. The van der Waals surface area contributed by atoms with E-state index in [4.69, 9.17) is 22.4 Å². The highest BCUT2D eigenvalue weighted by molar-refractivity contribution is 9.10. The molecule has 1 aromatic carbocycles. The van der Waals surface area contributed by atoms with Crippen LogP contribution in [0, 0.1) is 5.82 Å². The zero-order valence-electron chi connectivity index (χ0n) is 6.14. The van der Waals surface area contributed by atoms with E-state index in [9.17, 15) is 9.18 Å². The second-order valence-electron chi connectivity index (χ2n) is 2.25. The SMILES string of the molecule is Nc1c(Br)cc(F)c(C(=O)O)c1Cl. The first-order valence-electron chi connectivity index (χ1n) is 3.11. The van der Waals surface area contributed by atoms with Crippen LogP contribution in [-0.4, -0.2) is 11.1 Å². The van der Waals surface area contributed by atoms with E-state index in [0.29, 0.717) is 0 Å². The van der Waals surface area contributed by atoms with Crippen LogP contribution >= 0.6 is 27.5 Å². The molecule has 0 aromatic heterocycles. The predicted octanol–water partition coefficient (Wildman–Crippen LogP) is 2.52. The molecule has 0 amide bonds. The van der Waals surface area contributed by atoms with Gasteiger partial charge in [-0.2, -0.15) is 0 Å². The summed E-state index contributed by atoms with van der Waals surface area (Å²) in [7, 11) is 0. The summed E-state index contributed by atoms with van der Waals surface area (Å²) in [6.45, 7) is 0. The van der Waals surface area contributed by atoms with Crippen LogP contribution in [-0.2, 0) is 0 Å². The number of rotatable bonds is 1. The molecular weight excluding hydrogens is 264 g/mol. The fourth-order valence-electron chi connectivity index (χ4n) is 0.802. The third-order valence-electron chi connectivity index (χ3n) is 1.42. The Morgan fingerprint density at radius 2 is 2.23 bits per heavy atom. The van der Waals surface area contributed by atoms with E-state index in [1.165, 1.54) is 0 Å². The van der Waals surface area contributed by atoms with Crippen molar-refractivity contribution in [2.75, 3.05) is 5.73 Å². The smallest absolute Gasteiger partial charge is 0.340 e. The number of hydrogen-bond acceptors (Lipinski definition) is 2. The van der Waals surface area contributed by atoms with Crippen LogP contribution in [0.4, 0.5) is 10.1 Å². The molecule has 0 unspecified atom stereocenters. The second kappa shape index (κ2) is 3.51. The first kappa shape index (κ1) is 10.3. The van der Waals surface area contributed by atoms with Gasteiger partial charge in [0.1, 0.15) is 11.4 Å². The van der Waals surface area contributed by atoms with Gasteiger partial charge < -0.3 is 10.8 Å². The number of nitrogens with two attached hydrogens (primary N) is 1. The maximum atomic E-state index is 13.0. The summed E-state index contributed by atoms with van der Waals surface area (Å²) in [6.07, 6.45) is 0. The summed E-state index contributed by atoms with van der Waals surface area (Å²) in [6, 6.07) is 0.963. The molecule has 0 saturated carbocycles. The molecule has 0 heterocycles. The molecule has 0 saturated heterocycles. The van der Waals surface area contributed by atoms with Crippen molar-refractivity contribution in [2.45, 2.75) is 0 Å². The van der Waals surface area contributed by atoms with Gasteiger partial charge in [-0.05, 0) is 22.0 Å². The highest BCUT2D eigenvalue weighted by atomic mass is 79.9. The van der Waals surface area contributed by atoms with Crippen LogP contribution < -0.4 is 5.73 Å². The van der Waals surface area contributed by atoms with Crippen molar-refractivity contribution in [3.05, 3.63) is 26.9 Å². The number of nitrogen functional groups attached to an aromatic ring is 1. The van der Waals surface area contributed by atoms with Crippen molar-refractivity contribution < 1.29 is 14.3 Å².